The Morgan fingerprint density at radius 3 is 2.36 bits per heavy atom. The maximum absolute atomic E-state index is 6.15. The minimum absolute atomic E-state index is 0.181. The van der Waals surface area contributed by atoms with Crippen LogP contribution in [0.4, 0.5) is 0 Å². The summed E-state index contributed by atoms with van der Waals surface area (Å²) in [5.41, 5.74) is 5.65. The van der Waals surface area contributed by atoms with E-state index in [2.05, 4.69) is 30.9 Å². The first kappa shape index (κ1) is 11.2. The molecular formula is C10H20N4. The Balaban J connectivity index is 3.16. The van der Waals surface area contributed by atoms with Crippen molar-refractivity contribution in [3.8, 4) is 0 Å². The first-order valence-corrected chi connectivity index (χ1v) is 4.98. The summed E-state index contributed by atoms with van der Waals surface area (Å²) in [6.45, 7) is 11.1. The van der Waals surface area contributed by atoms with Gasteiger partial charge in [0.25, 0.3) is 0 Å². The number of aromatic nitrogens is 3. The van der Waals surface area contributed by atoms with Crippen molar-refractivity contribution in [1.29, 1.82) is 0 Å². The van der Waals surface area contributed by atoms with Gasteiger partial charge in [0.15, 0.2) is 0 Å². The van der Waals surface area contributed by atoms with Gasteiger partial charge in [-0.05, 0) is 20.8 Å². The van der Waals surface area contributed by atoms with Gasteiger partial charge < -0.3 is 5.73 Å². The topological polar surface area (TPSA) is 56.7 Å². The minimum Gasteiger partial charge on any atom is -0.325 e. The molecule has 14 heavy (non-hydrogen) atoms. The molecule has 1 aromatic heterocycles. The fraction of sp³-hybridized carbons (Fsp3) is 0.800. The van der Waals surface area contributed by atoms with Gasteiger partial charge in [-0.2, -0.15) is 5.10 Å². The molecular weight excluding hydrogens is 176 g/mol. The second-order valence-electron chi connectivity index (χ2n) is 4.75. The van der Waals surface area contributed by atoms with Crippen LogP contribution in [0.1, 0.15) is 40.4 Å². The summed E-state index contributed by atoms with van der Waals surface area (Å²) in [5.74, 6) is 0.951. The summed E-state index contributed by atoms with van der Waals surface area (Å²) in [4.78, 5) is 4.30. The van der Waals surface area contributed by atoms with E-state index in [4.69, 9.17) is 5.73 Å². The monoisotopic (exact) mass is 196 g/mol. The Morgan fingerprint density at radius 2 is 1.93 bits per heavy atom. The molecule has 2 N–H and O–H groups in total. The first-order valence-electron chi connectivity index (χ1n) is 4.98. The van der Waals surface area contributed by atoms with Crippen LogP contribution in [-0.2, 0) is 12.0 Å². The normalized spacial score (nSPS) is 13.3. The molecule has 1 heterocycles. The molecule has 4 heteroatoms. The summed E-state index contributed by atoms with van der Waals surface area (Å²) < 4.78 is 1.90. The number of aryl methyl sites for hydroxylation is 1. The van der Waals surface area contributed by atoms with Crippen LogP contribution in [0, 0.1) is 0 Å². The minimum atomic E-state index is -0.313. The van der Waals surface area contributed by atoms with Crippen LogP contribution in [-0.4, -0.2) is 20.3 Å². The van der Waals surface area contributed by atoms with Crippen molar-refractivity contribution in [3.05, 3.63) is 12.2 Å². The number of rotatable bonds is 3. The molecule has 1 aromatic rings. The molecule has 0 aliphatic heterocycles. The van der Waals surface area contributed by atoms with Gasteiger partial charge in [0.2, 0.25) is 0 Å². The third-order valence-electron chi connectivity index (χ3n) is 3.08. The van der Waals surface area contributed by atoms with Crippen LogP contribution in [0.25, 0.3) is 0 Å². The lowest BCUT2D eigenvalue weighted by molar-refractivity contribution is 0.278. The van der Waals surface area contributed by atoms with E-state index in [9.17, 15) is 0 Å². The molecule has 0 unspecified atom stereocenters. The van der Waals surface area contributed by atoms with E-state index >= 15 is 0 Å². The van der Waals surface area contributed by atoms with E-state index in [1.165, 1.54) is 0 Å². The van der Waals surface area contributed by atoms with E-state index < -0.39 is 0 Å². The van der Waals surface area contributed by atoms with Crippen LogP contribution in [0.3, 0.4) is 0 Å². The fourth-order valence-electron chi connectivity index (χ4n) is 1.27. The third kappa shape index (κ3) is 1.66. The third-order valence-corrected chi connectivity index (χ3v) is 3.08. The highest BCUT2D eigenvalue weighted by molar-refractivity contribution is 5.12. The number of hydrogen-bond acceptors (Lipinski definition) is 3. The molecule has 0 fully saturated rings. The molecule has 4 nitrogen and oxygen atoms in total. The van der Waals surface area contributed by atoms with E-state index in [-0.39, 0.29) is 11.0 Å². The summed E-state index contributed by atoms with van der Waals surface area (Å²) >= 11 is 0. The molecule has 80 valence electrons. The maximum atomic E-state index is 6.15. The van der Waals surface area contributed by atoms with Gasteiger partial charge in [-0.15, -0.1) is 0 Å². The van der Waals surface area contributed by atoms with Gasteiger partial charge in [0.1, 0.15) is 12.2 Å². The molecule has 0 aliphatic carbocycles. The van der Waals surface area contributed by atoms with Crippen molar-refractivity contribution in [2.24, 2.45) is 5.73 Å². The quantitative estimate of drug-likeness (QED) is 0.793. The van der Waals surface area contributed by atoms with E-state index in [0.29, 0.717) is 0 Å². The van der Waals surface area contributed by atoms with Crippen LogP contribution in [0.15, 0.2) is 6.33 Å². The molecule has 0 saturated heterocycles. The van der Waals surface area contributed by atoms with Gasteiger partial charge in [-0.3, -0.25) is 0 Å². The second kappa shape index (κ2) is 3.35. The Labute approximate surface area is 85.5 Å². The summed E-state index contributed by atoms with van der Waals surface area (Å²) in [7, 11) is 0. The van der Waals surface area contributed by atoms with Crippen LogP contribution >= 0.6 is 0 Å². The van der Waals surface area contributed by atoms with Gasteiger partial charge in [0, 0.05) is 17.5 Å². The number of nitrogens with two attached hydrogens (primary N) is 1. The molecule has 0 bridgehead atoms. The maximum Gasteiger partial charge on any atom is 0.138 e. The number of nitrogens with zero attached hydrogens (tertiary/aromatic N) is 3. The average Bonchev–Trinajstić information content (AvgIpc) is 2.49. The predicted molar refractivity (Wildman–Crippen MR) is 57.0 cm³/mol. The van der Waals surface area contributed by atoms with Crippen molar-refractivity contribution >= 4 is 0 Å². The Kier molecular flexibility index (Phi) is 2.67. The summed E-state index contributed by atoms with van der Waals surface area (Å²) in [6, 6.07) is 0. The van der Waals surface area contributed by atoms with E-state index in [0.717, 1.165) is 12.4 Å². The number of hydrogen-bond donors (Lipinski definition) is 1. The Morgan fingerprint density at radius 1 is 1.36 bits per heavy atom. The standard InChI is InChI=1S/C10H20N4/c1-6-14-8(12-7-13-14)9(2,3)10(4,5)11/h7H,6,11H2,1-5H3. The largest absolute Gasteiger partial charge is 0.325 e. The van der Waals surface area contributed by atoms with Gasteiger partial charge in [-0.1, -0.05) is 13.8 Å². The molecule has 0 atom stereocenters. The van der Waals surface area contributed by atoms with Gasteiger partial charge >= 0.3 is 0 Å². The van der Waals surface area contributed by atoms with Crippen molar-refractivity contribution in [2.75, 3.05) is 0 Å². The lowest BCUT2D eigenvalue weighted by Crippen LogP contribution is -2.51. The molecule has 1 rings (SSSR count). The first-order chi connectivity index (χ1) is 6.30. The zero-order valence-corrected chi connectivity index (χ0v) is 9.70. The SMILES string of the molecule is CCn1ncnc1C(C)(C)C(C)(C)N. The lowest BCUT2D eigenvalue weighted by atomic mass is 9.74. The van der Waals surface area contributed by atoms with Crippen molar-refractivity contribution in [2.45, 2.75) is 52.1 Å². The highest BCUT2D eigenvalue weighted by Gasteiger charge is 2.38. The highest BCUT2D eigenvalue weighted by Crippen LogP contribution is 2.31. The summed E-state index contributed by atoms with van der Waals surface area (Å²) in [5, 5.41) is 4.16. The van der Waals surface area contributed by atoms with Crippen LogP contribution in [0.2, 0.25) is 0 Å². The zero-order chi connectivity index (χ0) is 11.0. The Bertz CT molecular complexity index is 306. The molecule has 0 amide bonds. The van der Waals surface area contributed by atoms with Crippen molar-refractivity contribution in [3.63, 3.8) is 0 Å². The molecule has 0 spiro atoms. The molecule has 0 aromatic carbocycles. The smallest absolute Gasteiger partial charge is 0.138 e. The van der Waals surface area contributed by atoms with E-state index in [1.807, 2.05) is 18.5 Å². The summed E-state index contributed by atoms with van der Waals surface area (Å²) in [6.07, 6.45) is 1.59. The van der Waals surface area contributed by atoms with Crippen molar-refractivity contribution < 1.29 is 0 Å². The van der Waals surface area contributed by atoms with Gasteiger partial charge in [0.05, 0.1) is 0 Å². The molecule has 0 saturated carbocycles. The molecule has 0 radical (unpaired) electrons. The van der Waals surface area contributed by atoms with Crippen molar-refractivity contribution in [1.82, 2.24) is 14.8 Å². The Hall–Kier alpha value is -0.900. The van der Waals surface area contributed by atoms with Crippen LogP contribution < -0.4 is 5.73 Å². The van der Waals surface area contributed by atoms with Crippen LogP contribution in [0.5, 0.6) is 0 Å². The van der Waals surface area contributed by atoms with Gasteiger partial charge in [-0.25, -0.2) is 9.67 Å². The zero-order valence-electron chi connectivity index (χ0n) is 9.70. The highest BCUT2D eigenvalue weighted by atomic mass is 15.3. The lowest BCUT2D eigenvalue weighted by Gasteiger charge is -2.37. The fourth-order valence-corrected chi connectivity index (χ4v) is 1.27. The average molecular weight is 196 g/mol. The predicted octanol–water partition coefficient (Wildman–Crippen LogP) is 1.31. The van der Waals surface area contributed by atoms with E-state index in [1.54, 1.807) is 6.33 Å². The second-order valence-corrected chi connectivity index (χ2v) is 4.75. The molecule has 0 aliphatic rings.